The lowest BCUT2D eigenvalue weighted by Crippen LogP contribution is -2.17. The van der Waals surface area contributed by atoms with Crippen LogP contribution >= 0.6 is 0 Å². The minimum atomic E-state index is -0.698. The van der Waals surface area contributed by atoms with Crippen molar-refractivity contribution in [1.29, 1.82) is 0 Å². The average molecular weight is 289 g/mol. The maximum atomic E-state index is 11.7. The molecule has 0 fully saturated rings. The first-order valence-corrected chi connectivity index (χ1v) is 6.29. The number of carbonyl (C=O) groups excluding carboxylic acids is 1. The molecule has 2 aromatic rings. The van der Waals surface area contributed by atoms with Crippen LogP contribution < -0.4 is 11.2 Å². The van der Waals surface area contributed by atoms with E-state index in [9.17, 15) is 19.8 Å². The summed E-state index contributed by atoms with van der Waals surface area (Å²) in [6.45, 7) is 1.57. The van der Waals surface area contributed by atoms with Crippen LogP contribution in [0.3, 0.4) is 0 Å². The molecule has 0 saturated carbocycles. The Kier molecular flexibility index (Phi) is 3.98. The van der Waals surface area contributed by atoms with Gasteiger partial charge in [-0.1, -0.05) is 12.1 Å². The van der Waals surface area contributed by atoms with Crippen molar-refractivity contribution in [1.82, 2.24) is 0 Å². The molecule has 6 nitrogen and oxygen atoms in total. The Hall–Kier alpha value is -2.76. The zero-order valence-electron chi connectivity index (χ0n) is 11.4. The van der Waals surface area contributed by atoms with E-state index in [4.69, 9.17) is 10.2 Å². The van der Waals surface area contributed by atoms with Crippen LogP contribution in [0.4, 0.5) is 0 Å². The molecule has 1 atom stereocenters. The minimum Gasteiger partial charge on any atom is -0.508 e. The maximum absolute atomic E-state index is 11.7. The summed E-state index contributed by atoms with van der Waals surface area (Å²) >= 11 is 0. The molecule has 0 saturated heterocycles. The first-order chi connectivity index (χ1) is 9.88. The fourth-order valence-corrected chi connectivity index (χ4v) is 2.13. The molecule has 0 aliphatic rings. The molecule has 0 unspecified atom stereocenters. The normalized spacial score (nSPS) is 12.0. The van der Waals surface area contributed by atoms with Crippen molar-refractivity contribution in [3.63, 3.8) is 0 Å². The second-order valence-electron chi connectivity index (χ2n) is 4.75. The molecular weight excluding hydrogens is 274 g/mol. The summed E-state index contributed by atoms with van der Waals surface area (Å²) in [5, 5.41) is 19.2. The van der Waals surface area contributed by atoms with E-state index in [1.54, 1.807) is 19.1 Å². The molecular formula is C15H15NO5. The van der Waals surface area contributed by atoms with Crippen molar-refractivity contribution in [2.75, 3.05) is 0 Å². The van der Waals surface area contributed by atoms with Gasteiger partial charge in [-0.2, -0.15) is 0 Å². The van der Waals surface area contributed by atoms with Gasteiger partial charge >= 0.3 is 0 Å². The Balaban J connectivity index is 2.58. The first-order valence-electron chi connectivity index (χ1n) is 6.29. The van der Waals surface area contributed by atoms with Gasteiger partial charge in [-0.25, -0.2) is 0 Å². The quantitative estimate of drug-likeness (QED) is 0.786. The highest BCUT2D eigenvalue weighted by atomic mass is 16.4. The third-order valence-corrected chi connectivity index (χ3v) is 3.09. The van der Waals surface area contributed by atoms with E-state index in [2.05, 4.69) is 0 Å². The van der Waals surface area contributed by atoms with Crippen molar-refractivity contribution in [3.8, 4) is 11.5 Å². The number of nitrogens with two attached hydrogens (primary N) is 1. The summed E-state index contributed by atoms with van der Waals surface area (Å²) in [7, 11) is 0. The Labute approximate surface area is 120 Å². The highest BCUT2D eigenvalue weighted by Crippen LogP contribution is 2.33. The van der Waals surface area contributed by atoms with Crippen molar-refractivity contribution in [2.45, 2.75) is 19.3 Å². The van der Waals surface area contributed by atoms with E-state index >= 15 is 0 Å². The Morgan fingerprint density at radius 1 is 1.29 bits per heavy atom. The molecule has 4 N–H and O–H groups in total. The van der Waals surface area contributed by atoms with Gasteiger partial charge in [0, 0.05) is 12.5 Å². The lowest BCUT2D eigenvalue weighted by molar-refractivity contribution is -0.118. The van der Waals surface area contributed by atoms with E-state index in [1.165, 1.54) is 12.1 Å². The number of aryl methyl sites for hydroxylation is 1. The van der Waals surface area contributed by atoms with Crippen LogP contribution in [-0.4, -0.2) is 16.1 Å². The van der Waals surface area contributed by atoms with Crippen LogP contribution in [0.1, 0.15) is 29.4 Å². The lowest BCUT2D eigenvalue weighted by atomic mass is 9.92. The summed E-state index contributed by atoms with van der Waals surface area (Å²) in [6, 6.07) is 7.19. The van der Waals surface area contributed by atoms with E-state index < -0.39 is 23.0 Å². The molecule has 0 aliphatic carbocycles. The predicted molar refractivity (Wildman–Crippen MR) is 75.1 cm³/mol. The standard InChI is InChI=1S/C15H15NO5/c1-8-6-12(18)14(20)15(21-8)11(7-13(16)19)9-2-4-10(17)5-3-9/h2-6,11,17,20H,7H2,1H3,(H2,16,19)/t11-/m1/s1. The van der Waals surface area contributed by atoms with Gasteiger partial charge in [0.15, 0.2) is 5.76 Å². The van der Waals surface area contributed by atoms with Gasteiger partial charge in [0.25, 0.3) is 0 Å². The van der Waals surface area contributed by atoms with Crippen LogP contribution in [0.2, 0.25) is 0 Å². The number of phenols is 1. The molecule has 110 valence electrons. The highest BCUT2D eigenvalue weighted by molar-refractivity contribution is 5.75. The number of hydrogen-bond donors (Lipinski definition) is 3. The van der Waals surface area contributed by atoms with Crippen LogP contribution in [0.15, 0.2) is 39.5 Å². The molecule has 2 rings (SSSR count). The molecule has 1 heterocycles. The number of carbonyl (C=O) groups is 1. The van der Waals surface area contributed by atoms with Crippen molar-refractivity contribution in [2.24, 2.45) is 5.73 Å². The summed E-state index contributed by atoms with van der Waals surface area (Å²) in [6.07, 6.45) is -0.134. The van der Waals surface area contributed by atoms with Gasteiger partial charge in [0.05, 0.1) is 5.92 Å². The van der Waals surface area contributed by atoms with Crippen LogP contribution in [0.5, 0.6) is 11.5 Å². The van der Waals surface area contributed by atoms with E-state index in [-0.39, 0.29) is 17.9 Å². The van der Waals surface area contributed by atoms with Gasteiger partial charge < -0.3 is 20.4 Å². The molecule has 6 heteroatoms. The third kappa shape index (κ3) is 3.22. The van der Waals surface area contributed by atoms with Gasteiger partial charge in [0.2, 0.25) is 17.1 Å². The van der Waals surface area contributed by atoms with Crippen molar-refractivity contribution < 1.29 is 19.4 Å². The minimum absolute atomic E-state index is 0.00973. The molecule has 21 heavy (non-hydrogen) atoms. The van der Waals surface area contributed by atoms with Crippen LogP contribution in [0.25, 0.3) is 0 Å². The molecule has 0 radical (unpaired) electrons. The van der Waals surface area contributed by atoms with Gasteiger partial charge in [0.1, 0.15) is 11.5 Å². The SMILES string of the molecule is Cc1cc(=O)c(O)c([C@H](CC(N)=O)c2ccc(O)cc2)o1. The van der Waals surface area contributed by atoms with E-state index in [0.29, 0.717) is 11.3 Å². The summed E-state index contributed by atoms with van der Waals surface area (Å²) in [4.78, 5) is 22.9. The molecule has 0 aliphatic heterocycles. The van der Waals surface area contributed by atoms with Crippen molar-refractivity contribution >= 4 is 5.91 Å². The monoisotopic (exact) mass is 289 g/mol. The number of benzene rings is 1. The largest absolute Gasteiger partial charge is 0.508 e. The van der Waals surface area contributed by atoms with Crippen LogP contribution in [0, 0.1) is 6.92 Å². The van der Waals surface area contributed by atoms with E-state index in [1.807, 2.05) is 0 Å². The average Bonchev–Trinajstić information content (AvgIpc) is 2.41. The maximum Gasteiger partial charge on any atom is 0.227 e. The molecule has 1 aromatic carbocycles. The summed E-state index contributed by atoms with van der Waals surface area (Å²) in [5.41, 5.74) is 5.25. The predicted octanol–water partition coefficient (Wildman–Crippen LogP) is 1.37. The lowest BCUT2D eigenvalue weighted by Gasteiger charge is -2.16. The Morgan fingerprint density at radius 2 is 1.90 bits per heavy atom. The van der Waals surface area contributed by atoms with Gasteiger partial charge in [-0.3, -0.25) is 9.59 Å². The molecule has 1 amide bonds. The number of primary amides is 1. The van der Waals surface area contributed by atoms with Crippen LogP contribution in [-0.2, 0) is 4.79 Å². The Morgan fingerprint density at radius 3 is 2.48 bits per heavy atom. The summed E-state index contributed by atoms with van der Waals surface area (Å²) in [5.74, 6) is -1.47. The summed E-state index contributed by atoms with van der Waals surface area (Å²) < 4.78 is 5.42. The molecule has 0 spiro atoms. The third-order valence-electron chi connectivity index (χ3n) is 3.09. The fourth-order valence-electron chi connectivity index (χ4n) is 2.13. The zero-order chi connectivity index (χ0) is 15.6. The van der Waals surface area contributed by atoms with Gasteiger partial charge in [-0.15, -0.1) is 0 Å². The smallest absolute Gasteiger partial charge is 0.227 e. The Bertz CT molecular complexity index is 718. The van der Waals surface area contributed by atoms with Gasteiger partial charge in [-0.05, 0) is 24.6 Å². The zero-order valence-corrected chi connectivity index (χ0v) is 11.4. The topological polar surface area (TPSA) is 114 Å². The molecule has 0 bridgehead atoms. The number of amides is 1. The number of rotatable bonds is 4. The fraction of sp³-hybridized carbons (Fsp3) is 0.200. The van der Waals surface area contributed by atoms with E-state index in [0.717, 1.165) is 6.07 Å². The van der Waals surface area contributed by atoms with Crippen molar-refractivity contribution in [3.05, 3.63) is 57.6 Å². The highest BCUT2D eigenvalue weighted by Gasteiger charge is 2.24. The second-order valence-corrected chi connectivity index (χ2v) is 4.75. The number of aromatic hydroxyl groups is 2. The first kappa shape index (κ1) is 14.6. The molecule has 1 aromatic heterocycles. The number of hydrogen-bond acceptors (Lipinski definition) is 5. The number of phenolic OH excluding ortho intramolecular Hbond substituents is 1. The second kappa shape index (κ2) is 5.70.